The molecule has 2 N–H and O–H groups in total. The Morgan fingerprint density at radius 3 is 2.61 bits per heavy atom. The van der Waals surface area contributed by atoms with Crippen LogP contribution in [-0.4, -0.2) is 31.2 Å². The summed E-state index contributed by atoms with van der Waals surface area (Å²) < 4.78 is 63.5. The first-order valence-electron chi connectivity index (χ1n) is 9.31. The van der Waals surface area contributed by atoms with Gasteiger partial charge in [0.2, 0.25) is 11.8 Å². The zero-order valence-electron chi connectivity index (χ0n) is 16.3. The predicted molar refractivity (Wildman–Crippen MR) is 112 cm³/mol. The van der Waals surface area contributed by atoms with Crippen molar-refractivity contribution >= 4 is 44.8 Å². The molecule has 0 fully saturated rings. The molecule has 0 saturated carbocycles. The Balaban J connectivity index is 1.66. The van der Waals surface area contributed by atoms with Gasteiger partial charge in [-0.3, -0.25) is 9.59 Å². The van der Waals surface area contributed by atoms with Gasteiger partial charge in [-0.2, -0.15) is 13.2 Å². The molecule has 1 atom stereocenters. The molecule has 0 bridgehead atoms. The lowest BCUT2D eigenvalue weighted by Crippen LogP contribution is -2.28. The maximum Gasteiger partial charge on any atom is 0.416 e. The molecule has 0 saturated heterocycles. The van der Waals surface area contributed by atoms with Crippen molar-refractivity contribution in [1.29, 1.82) is 0 Å². The third kappa shape index (κ3) is 5.59. The maximum absolute atomic E-state index is 12.8. The zero-order chi connectivity index (χ0) is 22.8. The van der Waals surface area contributed by atoms with Crippen LogP contribution in [0.25, 0.3) is 0 Å². The van der Waals surface area contributed by atoms with Gasteiger partial charge < -0.3 is 10.6 Å². The van der Waals surface area contributed by atoms with Crippen LogP contribution in [0, 0.1) is 0 Å². The predicted octanol–water partition coefficient (Wildman–Crippen LogP) is 4.33. The molecule has 1 aliphatic rings. The number of halogens is 3. The summed E-state index contributed by atoms with van der Waals surface area (Å²) in [5, 5.41) is 4.73. The van der Waals surface area contributed by atoms with E-state index in [-0.39, 0.29) is 21.7 Å². The van der Waals surface area contributed by atoms with Crippen molar-refractivity contribution in [2.24, 2.45) is 0 Å². The van der Waals surface area contributed by atoms with E-state index in [9.17, 15) is 31.2 Å². The number of amides is 2. The molecule has 0 aromatic heterocycles. The number of rotatable bonds is 6. The Labute approximate surface area is 181 Å². The molecule has 31 heavy (non-hydrogen) atoms. The number of hydrogen-bond acceptors (Lipinski definition) is 5. The van der Waals surface area contributed by atoms with Crippen molar-refractivity contribution < 1.29 is 31.2 Å². The summed E-state index contributed by atoms with van der Waals surface area (Å²) in [5.74, 6) is -1.46. The minimum atomic E-state index is -4.55. The number of hydrogen-bond donors (Lipinski definition) is 2. The average Bonchev–Trinajstić information content (AvgIpc) is 2.71. The number of carbonyl (C=O) groups excluding carboxylic acids is 2. The molecular formula is C20H19F3N2O4S2. The number of thioether (sulfide) groups is 1. The van der Waals surface area contributed by atoms with Crippen LogP contribution in [0.15, 0.2) is 52.3 Å². The van der Waals surface area contributed by atoms with E-state index in [4.69, 9.17) is 0 Å². The lowest BCUT2D eigenvalue weighted by molar-refractivity contribution is -0.137. The second-order valence-corrected chi connectivity index (χ2v) is 10.2. The molecule has 166 valence electrons. The third-order valence-corrected chi connectivity index (χ3v) is 7.73. The fourth-order valence-electron chi connectivity index (χ4n) is 2.93. The lowest BCUT2D eigenvalue weighted by atomic mass is 10.2. The number of sulfone groups is 1. The highest BCUT2D eigenvalue weighted by Gasteiger charge is 2.30. The number of benzene rings is 2. The van der Waals surface area contributed by atoms with E-state index >= 15 is 0 Å². The van der Waals surface area contributed by atoms with Gasteiger partial charge in [0.15, 0.2) is 9.84 Å². The monoisotopic (exact) mass is 472 g/mol. The fourth-order valence-corrected chi connectivity index (χ4v) is 5.22. The standard InChI is InChI=1S/C20H19F3N2O4S2/c1-2-16-19(27)25-15-11-14(6-7-17(15)30-16)31(28,29)9-8-18(26)24-13-5-3-4-12(10-13)20(21,22)23/h3-7,10-11,16H,2,8-9H2,1H3,(H,24,26)(H,25,27). The van der Waals surface area contributed by atoms with E-state index in [0.29, 0.717) is 12.1 Å². The van der Waals surface area contributed by atoms with Crippen molar-refractivity contribution in [3.05, 3.63) is 48.0 Å². The molecule has 6 nitrogen and oxygen atoms in total. The summed E-state index contributed by atoms with van der Waals surface area (Å²) in [6.07, 6.45) is -4.35. The highest BCUT2D eigenvalue weighted by atomic mass is 32.2. The molecule has 0 aliphatic carbocycles. The smallest absolute Gasteiger partial charge is 0.326 e. The quantitative estimate of drug-likeness (QED) is 0.653. The van der Waals surface area contributed by atoms with Gasteiger partial charge in [-0.05, 0) is 42.8 Å². The Morgan fingerprint density at radius 2 is 1.94 bits per heavy atom. The van der Waals surface area contributed by atoms with Crippen molar-refractivity contribution in [1.82, 2.24) is 0 Å². The second-order valence-electron chi connectivity index (χ2n) is 6.86. The normalized spacial score (nSPS) is 16.4. The van der Waals surface area contributed by atoms with Gasteiger partial charge in [0.25, 0.3) is 0 Å². The van der Waals surface area contributed by atoms with E-state index in [1.54, 1.807) is 6.07 Å². The second kappa shape index (κ2) is 8.91. The van der Waals surface area contributed by atoms with E-state index in [0.717, 1.165) is 23.1 Å². The van der Waals surface area contributed by atoms with Crippen molar-refractivity contribution in [3.8, 4) is 0 Å². The molecule has 0 spiro atoms. The van der Waals surface area contributed by atoms with Crippen LogP contribution in [-0.2, 0) is 25.6 Å². The van der Waals surface area contributed by atoms with Gasteiger partial charge in [0, 0.05) is 17.0 Å². The first kappa shape index (κ1) is 23.1. The molecule has 2 aromatic rings. The Bertz CT molecular complexity index is 1120. The minimum absolute atomic E-state index is 0.0473. The van der Waals surface area contributed by atoms with E-state index in [1.165, 1.54) is 30.0 Å². The van der Waals surface area contributed by atoms with Gasteiger partial charge in [-0.25, -0.2) is 8.42 Å². The van der Waals surface area contributed by atoms with E-state index < -0.39 is 39.7 Å². The first-order chi connectivity index (χ1) is 14.5. The van der Waals surface area contributed by atoms with Gasteiger partial charge >= 0.3 is 6.18 Å². The first-order valence-corrected chi connectivity index (χ1v) is 11.8. The highest BCUT2D eigenvalue weighted by Crippen LogP contribution is 2.38. The van der Waals surface area contributed by atoms with Gasteiger partial charge in [0.1, 0.15) is 0 Å². The number of anilines is 2. The van der Waals surface area contributed by atoms with Crippen LogP contribution in [0.5, 0.6) is 0 Å². The highest BCUT2D eigenvalue weighted by molar-refractivity contribution is 8.01. The van der Waals surface area contributed by atoms with E-state index in [2.05, 4.69) is 10.6 Å². The van der Waals surface area contributed by atoms with Gasteiger partial charge in [0.05, 0.1) is 27.1 Å². The third-order valence-electron chi connectivity index (χ3n) is 4.57. The Hall–Kier alpha value is -2.53. The SMILES string of the molecule is CCC1Sc2ccc(S(=O)(=O)CCC(=O)Nc3cccc(C(F)(F)F)c3)cc2NC1=O. The lowest BCUT2D eigenvalue weighted by Gasteiger charge is -2.23. The van der Waals surface area contributed by atoms with E-state index in [1.807, 2.05) is 6.92 Å². The van der Waals surface area contributed by atoms with Crippen LogP contribution >= 0.6 is 11.8 Å². The molecule has 2 amide bonds. The molecular weight excluding hydrogens is 453 g/mol. The zero-order valence-corrected chi connectivity index (χ0v) is 18.0. The van der Waals surface area contributed by atoms with Crippen LogP contribution < -0.4 is 10.6 Å². The van der Waals surface area contributed by atoms with Crippen LogP contribution in [0.4, 0.5) is 24.5 Å². The molecule has 0 radical (unpaired) electrons. The number of fused-ring (bicyclic) bond motifs is 1. The Morgan fingerprint density at radius 1 is 1.19 bits per heavy atom. The molecule has 1 unspecified atom stereocenters. The molecule has 2 aromatic carbocycles. The molecule has 1 heterocycles. The Kier molecular flexibility index (Phi) is 6.65. The van der Waals surface area contributed by atoms with Crippen molar-refractivity contribution in [2.45, 2.75) is 41.0 Å². The number of nitrogens with one attached hydrogen (secondary N) is 2. The summed E-state index contributed by atoms with van der Waals surface area (Å²) in [4.78, 5) is 24.8. The number of carbonyl (C=O) groups is 2. The van der Waals surface area contributed by atoms with Crippen molar-refractivity contribution in [3.63, 3.8) is 0 Å². The molecule has 3 rings (SSSR count). The maximum atomic E-state index is 12.8. The fraction of sp³-hybridized carbons (Fsp3) is 0.300. The largest absolute Gasteiger partial charge is 0.416 e. The van der Waals surface area contributed by atoms with Crippen LogP contribution in [0.3, 0.4) is 0 Å². The average molecular weight is 473 g/mol. The summed E-state index contributed by atoms with van der Waals surface area (Å²) in [6, 6.07) is 8.46. The number of alkyl halides is 3. The summed E-state index contributed by atoms with van der Waals surface area (Å²) >= 11 is 1.36. The van der Waals surface area contributed by atoms with Gasteiger partial charge in [-0.15, -0.1) is 11.8 Å². The van der Waals surface area contributed by atoms with Crippen molar-refractivity contribution in [2.75, 3.05) is 16.4 Å². The molecule has 11 heteroatoms. The van der Waals surface area contributed by atoms with Crippen LogP contribution in [0.2, 0.25) is 0 Å². The molecule has 1 aliphatic heterocycles. The van der Waals surface area contributed by atoms with Crippen LogP contribution in [0.1, 0.15) is 25.3 Å². The topological polar surface area (TPSA) is 92.3 Å². The summed E-state index contributed by atoms with van der Waals surface area (Å²) in [5.41, 5.74) is -0.595. The summed E-state index contributed by atoms with van der Waals surface area (Å²) in [7, 11) is -3.85. The summed E-state index contributed by atoms with van der Waals surface area (Å²) in [6.45, 7) is 1.88. The minimum Gasteiger partial charge on any atom is -0.326 e. The van der Waals surface area contributed by atoms with Gasteiger partial charge in [-0.1, -0.05) is 13.0 Å².